The van der Waals surface area contributed by atoms with Crippen molar-refractivity contribution in [1.82, 2.24) is 10.2 Å². The maximum atomic E-state index is 12.2. The van der Waals surface area contributed by atoms with Crippen molar-refractivity contribution in [3.05, 3.63) is 65.5 Å². The normalized spacial score (nSPS) is 11.2. The first-order valence-electron chi connectivity index (χ1n) is 8.96. The molecule has 3 aromatic rings. The van der Waals surface area contributed by atoms with Crippen molar-refractivity contribution in [2.75, 3.05) is 18.2 Å². The third-order valence-electron chi connectivity index (χ3n) is 4.02. The number of benzene rings is 2. The topological polar surface area (TPSA) is 111 Å². The van der Waals surface area contributed by atoms with Crippen LogP contribution in [-0.4, -0.2) is 37.4 Å². The minimum Gasteiger partial charge on any atom is -0.494 e. The molecule has 0 spiro atoms. The fraction of sp³-hybridized carbons (Fsp3) is 0.250. The van der Waals surface area contributed by atoms with Gasteiger partial charge in [0.2, 0.25) is 11.8 Å². The van der Waals surface area contributed by atoms with Gasteiger partial charge >= 0.3 is 6.01 Å². The number of nitrogens with zero attached hydrogens (tertiary/aromatic N) is 2. The van der Waals surface area contributed by atoms with Gasteiger partial charge in [-0.3, -0.25) is 10.1 Å². The molecule has 9 heteroatoms. The molecule has 1 N–H and O–H groups in total. The SMILES string of the molecule is CCOc1ccc(CC(=O)Nc2nnc(Cc3ccc(S(C)(=O)=O)cc3)o2)cc1. The number of rotatable bonds is 8. The summed E-state index contributed by atoms with van der Waals surface area (Å²) >= 11 is 0. The summed E-state index contributed by atoms with van der Waals surface area (Å²) in [5.74, 6) is 0.790. The molecule has 0 saturated carbocycles. The van der Waals surface area contributed by atoms with Crippen molar-refractivity contribution in [3.8, 4) is 5.75 Å². The lowest BCUT2D eigenvalue weighted by atomic mass is 10.1. The number of amides is 1. The van der Waals surface area contributed by atoms with Crippen LogP contribution in [0.2, 0.25) is 0 Å². The summed E-state index contributed by atoms with van der Waals surface area (Å²) in [6.07, 6.45) is 1.64. The fourth-order valence-electron chi connectivity index (χ4n) is 2.62. The Kier molecular flexibility index (Phi) is 6.28. The quantitative estimate of drug-likeness (QED) is 0.602. The second-order valence-corrected chi connectivity index (χ2v) is 8.41. The molecule has 0 aliphatic heterocycles. The molecule has 0 aliphatic carbocycles. The van der Waals surface area contributed by atoms with Gasteiger partial charge in [-0.2, -0.15) is 0 Å². The van der Waals surface area contributed by atoms with Gasteiger partial charge in [0.05, 0.1) is 24.3 Å². The summed E-state index contributed by atoms with van der Waals surface area (Å²) in [5.41, 5.74) is 1.64. The lowest BCUT2D eigenvalue weighted by Gasteiger charge is -2.04. The highest BCUT2D eigenvalue weighted by atomic mass is 32.2. The fourth-order valence-corrected chi connectivity index (χ4v) is 3.25. The van der Waals surface area contributed by atoms with Gasteiger partial charge in [0.15, 0.2) is 9.84 Å². The standard InChI is InChI=1S/C20H21N3O5S/c1-3-27-16-8-4-14(5-9-16)12-18(24)21-20-23-22-19(28-20)13-15-6-10-17(11-7-15)29(2,25)26/h4-11H,3,12-13H2,1-2H3,(H,21,23,24). The molecule has 152 valence electrons. The zero-order valence-electron chi connectivity index (χ0n) is 16.1. The van der Waals surface area contributed by atoms with E-state index in [2.05, 4.69) is 15.5 Å². The first-order chi connectivity index (χ1) is 13.8. The van der Waals surface area contributed by atoms with Crippen LogP contribution >= 0.6 is 0 Å². The smallest absolute Gasteiger partial charge is 0.322 e. The number of hydrogen-bond donors (Lipinski definition) is 1. The van der Waals surface area contributed by atoms with E-state index >= 15 is 0 Å². The van der Waals surface area contributed by atoms with Crippen LogP contribution < -0.4 is 10.1 Å². The van der Waals surface area contributed by atoms with Crippen molar-refractivity contribution in [1.29, 1.82) is 0 Å². The van der Waals surface area contributed by atoms with E-state index in [1.165, 1.54) is 12.1 Å². The van der Waals surface area contributed by atoms with Gasteiger partial charge in [-0.1, -0.05) is 29.4 Å². The molecule has 0 unspecified atom stereocenters. The lowest BCUT2D eigenvalue weighted by molar-refractivity contribution is -0.115. The lowest BCUT2D eigenvalue weighted by Crippen LogP contribution is -2.14. The van der Waals surface area contributed by atoms with Gasteiger partial charge in [-0.15, -0.1) is 5.10 Å². The van der Waals surface area contributed by atoms with Crippen LogP contribution in [0.4, 0.5) is 6.01 Å². The summed E-state index contributed by atoms with van der Waals surface area (Å²) in [4.78, 5) is 12.4. The first-order valence-corrected chi connectivity index (χ1v) is 10.9. The van der Waals surface area contributed by atoms with E-state index in [9.17, 15) is 13.2 Å². The van der Waals surface area contributed by atoms with Crippen molar-refractivity contribution in [2.24, 2.45) is 0 Å². The summed E-state index contributed by atoms with van der Waals surface area (Å²) in [7, 11) is -3.24. The van der Waals surface area contributed by atoms with Gasteiger partial charge in [-0.05, 0) is 42.3 Å². The average molecular weight is 415 g/mol. The Bertz CT molecular complexity index is 1070. The molecule has 0 atom stereocenters. The van der Waals surface area contributed by atoms with E-state index in [-0.39, 0.29) is 23.2 Å². The van der Waals surface area contributed by atoms with E-state index < -0.39 is 9.84 Å². The van der Waals surface area contributed by atoms with Crippen molar-refractivity contribution >= 4 is 21.8 Å². The molecule has 0 fully saturated rings. The van der Waals surface area contributed by atoms with Crippen molar-refractivity contribution in [2.45, 2.75) is 24.7 Å². The molecule has 0 radical (unpaired) electrons. The van der Waals surface area contributed by atoms with Gasteiger partial charge in [0, 0.05) is 6.26 Å². The number of nitrogens with one attached hydrogen (secondary N) is 1. The molecular weight excluding hydrogens is 394 g/mol. The molecule has 0 aliphatic rings. The van der Waals surface area contributed by atoms with Crippen LogP contribution in [0, 0.1) is 0 Å². The van der Waals surface area contributed by atoms with E-state index in [0.717, 1.165) is 23.1 Å². The summed E-state index contributed by atoms with van der Waals surface area (Å²) < 4.78 is 33.8. The Labute approximate surface area is 168 Å². The predicted octanol–water partition coefficient (Wildman–Crippen LogP) is 2.64. The molecule has 0 bridgehead atoms. The third kappa shape index (κ3) is 5.89. The van der Waals surface area contributed by atoms with E-state index in [1.807, 2.05) is 31.2 Å². The second-order valence-electron chi connectivity index (χ2n) is 6.40. The van der Waals surface area contributed by atoms with E-state index in [4.69, 9.17) is 9.15 Å². The number of ether oxygens (including phenoxy) is 1. The van der Waals surface area contributed by atoms with Crippen LogP contribution in [-0.2, 0) is 27.5 Å². The number of carbonyl (C=O) groups is 1. The maximum Gasteiger partial charge on any atom is 0.322 e. The highest BCUT2D eigenvalue weighted by Gasteiger charge is 2.12. The third-order valence-corrected chi connectivity index (χ3v) is 5.15. The Hall–Kier alpha value is -3.20. The maximum absolute atomic E-state index is 12.2. The largest absolute Gasteiger partial charge is 0.494 e. The Morgan fingerprint density at radius 2 is 1.69 bits per heavy atom. The predicted molar refractivity (Wildman–Crippen MR) is 107 cm³/mol. The number of carbonyl (C=O) groups excluding carboxylic acids is 1. The minimum atomic E-state index is -3.24. The average Bonchev–Trinajstić information content (AvgIpc) is 3.10. The molecule has 2 aromatic carbocycles. The Morgan fingerprint density at radius 3 is 2.31 bits per heavy atom. The van der Waals surface area contributed by atoms with Gasteiger partial charge in [0.25, 0.3) is 0 Å². The van der Waals surface area contributed by atoms with Crippen molar-refractivity contribution < 1.29 is 22.4 Å². The number of sulfone groups is 1. The molecule has 0 saturated heterocycles. The molecule has 1 heterocycles. The molecular formula is C20H21N3O5S. The monoisotopic (exact) mass is 415 g/mol. The molecule has 8 nitrogen and oxygen atoms in total. The molecule has 1 aromatic heterocycles. The second kappa shape index (κ2) is 8.87. The Balaban J connectivity index is 1.56. The van der Waals surface area contributed by atoms with Crippen LogP contribution in [0.1, 0.15) is 23.9 Å². The number of hydrogen-bond acceptors (Lipinski definition) is 7. The summed E-state index contributed by atoms with van der Waals surface area (Å²) in [6.45, 7) is 2.49. The number of anilines is 1. The zero-order chi connectivity index (χ0) is 20.9. The highest BCUT2D eigenvalue weighted by Crippen LogP contribution is 2.16. The van der Waals surface area contributed by atoms with Crippen LogP contribution in [0.3, 0.4) is 0 Å². The molecule has 3 rings (SSSR count). The minimum absolute atomic E-state index is 0.0173. The highest BCUT2D eigenvalue weighted by molar-refractivity contribution is 7.90. The van der Waals surface area contributed by atoms with Crippen LogP contribution in [0.5, 0.6) is 5.75 Å². The van der Waals surface area contributed by atoms with Gasteiger partial charge < -0.3 is 9.15 Å². The number of aromatic nitrogens is 2. The van der Waals surface area contributed by atoms with Gasteiger partial charge in [0.1, 0.15) is 5.75 Å². The summed E-state index contributed by atoms with van der Waals surface area (Å²) in [6, 6.07) is 13.7. The Morgan fingerprint density at radius 1 is 1.03 bits per heavy atom. The van der Waals surface area contributed by atoms with Crippen LogP contribution in [0.25, 0.3) is 0 Å². The zero-order valence-corrected chi connectivity index (χ0v) is 16.9. The molecule has 1 amide bonds. The first kappa shape index (κ1) is 20.5. The summed E-state index contributed by atoms with van der Waals surface area (Å²) in [5, 5.41) is 10.3. The van der Waals surface area contributed by atoms with Crippen LogP contribution in [0.15, 0.2) is 57.8 Å². The van der Waals surface area contributed by atoms with E-state index in [1.54, 1.807) is 12.1 Å². The molecule has 29 heavy (non-hydrogen) atoms. The van der Waals surface area contributed by atoms with Crippen molar-refractivity contribution in [3.63, 3.8) is 0 Å². The van der Waals surface area contributed by atoms with Gasteiger partial charge in [-0.25, -0.2) is 8.42 Å². The van der Waals surface area contributed by atoms with E-state index in [0.29, 0.717) is 18.9 Å².